The molecule has 0 aliphatic heterocycles. The van der Waals surface area contributed by atoms with Gasteiger partial charge in [0, 0.05) is 6.07 Å². The van der Waals surface area contributed by atoms with Crippen molar-refractivity contribution in [2.24, 2.45) is 0 Å². The summed E-state index contributed by atoms with van der Waals surface area (Å²) in [4.78, 5) is 12.6. The smallest absolute Gasteiger partial charge is 0.287 e. The van der Waals surface area contributed by atoms with Gasteiger partial charge in [-0.1, -0.05) is 0 Å². The highest BCUT2D eigenvalue weighted by molar-refractivity contribution is 5.23. The molecule has 0 saturated heterocycles. The first-order chi connectivity index (χ1) is 6.06. The minimum Gasteiger partial charge on any atom is -0.482 e. The highest BCUT2D eigenvalue weighted by Crippen LogP contribution is 2.22. The number of aromatic amines is 1. The van der Waals surface area contributed by atoms with E-state index < -0.39 is 23.4 Å². The lowest BCUT2D eigenvalue weighted by atomic mass is 10.2. The number of methoxy groups -OCH3 is 1. The molecule has 0 spiro atoms. The Morgan fingerprint density at radius 1 is 1.54 bits per heavy atom. The van der Waals surface area contributed by atoms with Gasteiger partial charge in [-0.25, -0.2) is 13.2 Å². The van der Waals surface area contributed by atoms with Crippen molar-refractivity contribution in [1.29, 1.82) is 0 Å². The number of hydrogen-bond acceptors (Lipinski definition) is 2. The van der Waals surface area contributed by atoms with Gasteiger partial charge in [0.05, 0.1) is 12.7 Å². The summed E-state index contributed by atoms with van der Waals surface area (Å²) >= 11 is 0. The molecule has 0 aliphatic carbocycles. The lowest BCUT2D eigenvalue weighted by Gasteiger charge is -2.03. The first-order valence-electron chi connectivity index (χ1n) is 3.31. The number of H-pyrrole nitrogens is 1. The number of halogens is 3. The Morgan fingerprint density at radius 3 is 2.62 bits per heavy atom. The Balaban J connectivity index is 3.33. The molecule has 72 valence electrons. The van der Waals surface area contributed by atoms with Crippen LogP contribution in [0.4, 0.5) is 13.2 Å². The molecule has 0 unspecified atom stereocenters. The van der Waals surface area contributed by atoms with Crippen LogP contribution in [0.1, 0.15) is 12.0 Å². The van der Waals surface area contributed by atoms with Crippen LogP contribution in [0.2, 0.25) is 0 Å². The predicted octanol–water partition coefficient (Wildman–Crippen LogP) is 1.46. The van der Waals surface area contributed by atoms with Gasteiger partial charge in [-0.05, 0) is 0 Å². The third kappa shape index (κ3) is 1.82. The molecular weight excluding hydrogens is 187 g/mol. The fourth-order valence-electron chi connectivity index (χ4n) is 0.807. The zero-order valence-corrected chi connectivity index (χ0v) is 6.61. The van der Waals surface area contributed by atoms with Crippen molar-refractivity contribution >= 4 is 0 Å². The average molecular weight is 193 g/mol. The van der Waals surface area contributed by atoms with Crippen LogP contribution in [0, 0.1) is 5.82 Å². The molecule has 0 amide bonds. The maximum atomic E-state index is 12.7. The van der Waals surface area contributed by atoms with Gasteiger partial charge in [0.2, 0.25) is 0 Å². The van der Waals surface area contributed by atoms with E-state index >= 15 is 0 Å². The third-order valence-corrected chi connectivity index (χ3v) is 1.43. The van der Waals surface area contributed by atoms with Crippen molar-refractivity contribution in [3.8, 4) is 5.88 Å². The number of nitrogens with one attached hydrogen (secondary N) is 1. The third-order valence-electron chi connectivity index (χ3n) is 1.43. The second-order valence-electron chi connectivity index (χ2n) is 2.24. The quantitative estimate of drug-likeness (QED) is 0.772. The number of hydrogen-bond donors (Lipinski definition) is 1. The number of alkyl halides is 2. The maximum Gasteiger partial charge on any atom is 0.287 e. The van der Waals surface area contributed by atoms with Crippen LogP contribution in [0.25, 0.3) is 0 Å². The number of rotatable bonds is 2. The van der Waals surface area contributed by atoms with E-state index in [1.165, 1.54) is 7.11 Å². The fourth-order valence-corrected chi connectivity index (χ4v) is 0.807. The maximum absolute atomic E-state index is 12.7. The van der Waals surface area contributed by atoms with Crippen LogP contribution in [0.15, 0.2) is 10.9 Å². The first-order valence-corrected chi connectivity index (χ1v) is 3.31. The number of aromatic nitrogens is 1. The summed E-state index contributed by atoms with van der Waals surface area (Å²) in [5, 5.41) is 0. The van der Waals surface area contributed by atoms with Crippen LogP contribution in [0.5, 0.6) is 5.88 Å². The topological polar surface area (TPSA) is 42.1 Å². The van der Waals surface area contributed by atoms with Gasteiger partial charge in [0.15, 0.2) is 11.7 Å². The molecule has 0 bridgehead atoms. The van der Waals surface area contributed by atoms with Crippen LogP contribution in [-0.4, -0.2) is 12.1 Å². The molecule has 0 radical (unpaired) electrons. The molecular formula is C7H6F3NO2. The lowest BCUT2D eigenvalue weighted by molar-refractivity contribution is 0.145. The SMILES string of the molecule is COc1cc(C(F)F)c(F)c(=O)[nH]1. The van der Waals surface area contributed by atoms with E-state index in [-0.39, 0.29) is 5.88 Å². The van der Waals surface area contributed by atoms with E-state index in [0.717, 1.165) is 6.07 Å². The predicted molar refractivity (Wildman–Crippen MR) is 38.5 cm³/mol. The molecule has 1 aromatic rings. The summed E-state index contributed by atoms with van der Waals surface area (Å²) in [6.45, 7) is 0. The van der Waals surface area contributed by atoms with Gasteiger partial charge in [-0.15, -0.1) is 0 Å². The van der Waals surface area contributed by atoms with Gasteiger partial charge in [0.25, 0.3) is 12.0 Å². The first kappa shape index (κ1) is 9.63. The van der Waals surface area contributed by atoms with Gasteiger partial charge in [-0.3, -0.25) is 9.78 Å². The molecule has 13 heavy (non-hydrogen) atoms. The summed E-state index contributed by atoms with van der Waals surface area (Å²) < 4.78 is 41.3. The van der Waals surface area contributed by atoms with Crippen LogP contribution < -0.4 is 10.3 Å². The van der Waals surface area contributed by atoms with Gasteiger partial charge in [0.1, 0.15) is 0 Å². The molecule has 1 N–H and O–H groups in total. The van der Waals surface area contributed by atoms with Crippen molar-refractivity contribution < 1.29 is 17.9 Å². The van der Waals surface area contributed by atoms with Crippen LogP contribution >= 0.6 is 0 Å². The van der Waals surface area contributed by atoms with Crippen LogP contribution in [-0.2, 0) is 0 Å². The normalized spacial score (nSPS) is 10.5. The largest absolute Gasteiger partial charge is 0.482 e. The van der Waals surface area contributed by atoms with Crippen molar-refractivity contribution in [2.45, 2.75) is 6.43 Å². The zero-order chi connectivity index (χ0) is 10.0. The molecule has 3 nitrogen and oxygen atoms in total. The second-order valence-corrected chi connectivity index (χ2v) is 2.24. The minimum atomic E-state index is -3.03. The fraction of sp³-hybridized carbons (Fsp3) is 0.286. The molecule has 0 aromatic carbocycles. The van der Waals surface area contributed by atoms with E-state index in [1.807, 2.05) is 4.98 Å². The van der Waals surface area contributed by atoms with E-state index in [4.69, 9.17) is 0 Å². The zero-order valence-electron chi connectivity index (χ0n) is 6.61. The van der Waals surface area contributed by atoms with Gasteiger partial charge in [-0.2, -0.15) is 0 Å². The molecule has 0 aliphatic rings. The summed E-state index contributed by atoms with van der Waals surface area (Å²) in [5.41, 5.74) is -2.17. The van der Waals surface area contributed by atoms with Gasteiger partial charge < -0.3 is 4.74 Å². The van der Waals surface area contributed by atoms with Gasteiger partial charge >= 0.3 is 0 Å². The highest BCUT2D eigenvalue weighted by atomic mass is 19.3. The van der Waals surface area contributed by atoms with E-state index in [2.05, 4.69) is 4.74 Å². The summed E-state index contributed by atoms with van der Waals surface area (Å²) in [6, 6.07) is 0.751. The molecule has 0 fully saturated rings. The standard InChI is InChI=1S/C7H6F3NO2/c1-13-4-2-3(6(9)10)5(8)7(12)11-4/h2,6H,1H3,(H,11,12). The molecule has 0 saturated carbocycles. The van der Waals surface area contributed by atoms with Crippen LogP contribution in [0.3, 0.4) is 0 Å². The average Bonchev–Trinajstić information content (AvgIpc) is 2.09. The Morgan fingerprint density at radius 2 is 2.15 bits per heavy atom. The molecule has 0 atom stereocenters. The molecule has 1 rings (SSSR count). The number of ether oxygens (including phenoxy) is 1. The highest BCUT2D eigenvalue weighted by Gasteiger charge is 2.17. The minimum absolute atomic E-state index is 0.193. The molecule has 1 heterocycles. The Labute approximate surface area is 71.2 Å². The second kappa shape index (κ2) is 3.51. The molecule has 6 heteroatoms. The van der Waals surface area contributed by atoms with Crippen molar-refractivity contribution in [1.82, 2.24) is 4.98 Å². The van der Waals surface area contributed by atoms with E-state index in [0.29, 0.717) is 0 Å². The molecule has 1 aromatic heterocycles. The summed E-state index contributed by atoms with van der Waals surface area (Å²) in [6.07, 6.45) is -3.03. The number of pyridine rings is 1. The van der Waals surface area contributed by atoms with Crippen molar-refractivity contribution in [3.63, 3.8) is 0 Å². The monoisotopic (exact) mass is 193 g/mol. The Hall–Kier alpha value is -1.46. The van der Waals surface area contributed by atoms with E-state index in [9.17, 15) is 18.0 Å². The lowest BCUT2D eigenvalue weighted by Crippen LogP contribution is -2.14. The Bertz CT molecular complexity index is 361. The summed E-state index contributed by atoms with van der Waals surface area (Å²) in [5.74, 6) is -1.67. The van der Waals surface area contributed by atoms with E-state index in [1.54, 1.807) is 0 Å². The Kier molecular flexibility index (Phi) is 2.60. The van der Waals surface area contributed by atoms with Crippen molar-refractivity contribution in [2.75, 3.05) is 7.11 Å². The van der Waals surface area contributed by atoms with Crippen molar-refractivity contribution in [3.05, 3.63) is 27.8 Å². The summed E-state index contributed by atoms with van der Waals surface area (Å²) in [7, 11) is 1.18.